The van der Waals surface area contributed by atoms with Gasteiger partial charge in [0.25, 0.3) is 5.56 Å². The maximum absolute atomic E-state index is 14.3. The van der Waals surface area contributed by atoms with Crippen LogP contribution in [0, 0.1) is 5.82 Å². The third kappa shape index (κ3) is 6.09. The first-order valence-electron chi connectivity index (χ1n) is 14.7. The number of halogens is 5. The van der Waals surface area contributed by atoms with Gasteiger partial charge in [0.1, 0.15) is 23.8 Å². The summed E-state index contributed by atoms with van der Waals surface area (Å²) in [6, 6.07) is 10.2. The van der Waals surface area contributed by atoms with Gasteiger partial charge in [0.15, 0.2) is 0 Å². The summed E-state index contributed by atoms with van der Waals surface area (Å²) in [6.45, 7) is 1.93. The lowest BCUT2D eigenvalue weighted by Gasteiger charge is -2.30. The number of nitrogens with one attached hydrogen (secondary N) is 1. The van der Waals surface area contributed by atoms with E-state index in [-0.39, 0.29) is 28.8 Å². The fraction of sp³-hybridized carbons (Fsp3) is 0.312. The molecule has 238 valence electrons. The van der Waals surface area contributed by atoms with Gasteiger partial charge in [0.05, 0.1) is 53.4 Å². The van der Waals surface area contributed by atoms with E-state index < -0.39 is 30.0 Å². The number of H-pyrrole nitrogens is 1. The van der Waals surface area contributed by atoms with Crippen molar-refractivity contribution in [2.24, 2.45) is 0 Å². The van der Waals surface area contributed by atoms with Gasteiger partial charge in [-0.25, -0.2) is 14.4 Å². The molecule has 0 aliphatic carbocycles. The van der Waals surface area contributed by atoms with Crippen LogP contribution in [-0.4, -0.2) is 48.7 Å². The van der Waals surface area contributed by atoms with Gasteiger partial charge in [-0.2, -0.15) is 13.2 Å². The molecule has 46 heavy (non-hydrogen) atoms. The molecular formula is C32H27ClF4N6O3. The van der Waals surface area contributed by atoms with Crippen molar-refractivity contribution in [3.8, 4) is 17.1 Å². The lowest BCUT2D eigenvalue weighted by atomic mass is 10.0. The van der Waals surface area contributed by atoms with Crippen molar-refractivity contribution in [1.29, 1.82) is 0 Å². The number of hydrogen-bond donors (Lipinski definition) is 1. The number of alkyl halides is 3. The summed E-state index contributed by atoms with van der Waals surface area (Å²) in [7, 11) is 0. The Labute approximate surface area is 264 Å². The van der Waals surface area contributed by atoms with Crippen molar-refractivity contribution in [3.63, 3.8) is 0 Å². The van der Waals surface area contributed by atoms with Crippen LogP contribution in [0.3, 0.4) is 0 Å². The minimum atomic E-state index is -4.71. The molecule has 1 aromatic carbocycles. The molecule has 1 atom stereocenters. The predicted molar refractivity (Wildman–Crippen MR) is 161 cm³/mol. The molecule has 0 saturated carbocycles. The third-order valence-electron chi connectivity index (χ3n) is 8.26. The highest BCUT2D eigenvalue weighted by Gasteiger charge is 2.37. The van der Waals surface area contributed by atoms with Crippen LogP contribution in [0.1, 0.15) is 34.6 Å². The van der Waals surface area contributed by atoms with Crippen LogP contribution in [-0.2, 0) is 43.6 Å². The Morgan fingerprint density at radius 2 is 2.00 bits per heavy atom. The Balaban J connectivity index is 1.17. The van der Waals surface area contributed by atoms with Crippen molar-refractivity contribution >= 4 is 22.6 Å². The van der Waals surface area contributed by atoms with Gasteiger partial charge in [-0.3, -0.25) is 14.7 Å². The minimum absolute atomic E-state index is 0.0301. The summed E-state index contributed by atoms with van der Waals surface area (Å²) < 4.78 is 69.6. The molecule has 9 nitrogen and oxygen atoms in total. The summed E-state index contributed by atoms with van der Waals surface area (Å²) >= 11 is 5.80. The monoisotopic (exact) mass is 654 g/mol. The van der Waals surface area contributed by atoms with Gasteiger partial charge < -0.3 is 19.0 Å². The Morgan fingerprint density at radius 3 is 2.74 bits per heavy atom. The molecule has 2 aliphatic rings. The van der Waals surface area contributed by atoms with Gasteiger partial charge in [-0.15, -0.1) is 0 Å². The van der Waals surface area contributed by atoms with Crippen LogP contribution in [0.5, 0.6) is 5.88 Å². The first kappa shape index (κ1) is 30.3. The van der Waals surface area contributed by atoms with E-state index in [0.717, 1.165) is 29.9 Å². The first-order valence-corrected chi connectivity index (χ1v) is 15.0. The van der Waals surface area contributed by atoms with Gasteiger partial charge in [0, 0.05) is 36.5 Å². The van der Waals surface area contributed by atoms with E-state index in [1.807, 2.05) is 0 Å². The zero-order valence-electron chi connectivity index (χ0n) is 24.3. The molecule has 1 fully saturated rings. The summed E-state index contributed by atoms with van der Waals surface area (Å²) in [5.74, 6) is -0.555. The summed E-state index contributed by atoms with van der Waals surface area (Å²) in [5, 5.41) is 0.168. The van der Waals surface area contributed by atoms with Gasteiger partial charge >= 0.3 is 6.18 Å². The topological polar surface area (TPSA) is 98.2 Å². The van der Waals surface area contributed by atoms with Gasteiger partial charge in [0.2, 0.25) is 5.88 Å². The first-order chi connectivity index (χ1) is 22.1. The van der Waals surface area contributed by atoms with E-state index in [9.17, 15) is 22.4 Å². The second kappa shape index (κ2) is 12.1. The molecule has 4 aromatic heterocycles. The van der Waals surface area contributed by atoms with E-state index in [1.54, 1.807) is 30.6 Å². The number of nitrogens with zero attached hydrogens (tertiary/aromatic N) is 5. The number of imidazole rings is 1. The maximum Gasteiger partial charge on any atom is 0.421 e. The molecule has 1 N–H and O–H groups in total. The molecule has 14 heteroatoms. The second-order valence-corrected chi connectivity index (χ2v) is 11.8. The van der Waals surface area contributed by atoms with Crippen molar-refractivity contribution in [2.45, 2.75) is 51.4 Å². The SMILES string of the molecule is O=c1[nH]cccc1-c1cc2nc(CN3CCc4cc(C(F)(F)F)c(OCc5ccc(Cl)cc5F)nc4C3)n(C[C@@H]3CCO3)c2cn1. The standard InChI is InChI=1S/C32H27ClF4N6O3/c33-20-4-3-19(24(34)11-20)17-46-31-23(32(35,36)37)10-18-5-8-42(15-27(18)41-31)16-29-40-26-12-25(22-2-1-7-38-30(22)44)39-13-28(26)43(29)14-21-6-9-45-21/h1-4,7,10-13,21H,5-6,8-9,14-17H2,(H,38,44)/t21-/m0/s1. The molecule has 6 heterocycles. The Kier molecular flexibility index (Phi) is 7.99. The zero-order chi connectivity index (χ0) is 32.0. The van der Waals surface area contributed by atoms with Crippen LogP contribution in [0.2, 0.25) is 5.02 Å². The number of ether oxygens (including phenoxy) is 2. The molecule has 5 aromatic rings. The largest absolute Gasteiger partial charge is 0.472 e. The fourth-order valence-electron chi connectivity index (χ4n) is 5.73. The number of aromatic amines is 1. The zero-order valence-corrected chi connectivity index (χ0v) is 25.0. The fourth-order valence-corrected chi connectivity index (χ4v) is 5.89. The summed E-state index contributed by atoms with van der Waals surface area (Å²) in [4.78, 5) is 30.8. The van der Waals surface area contributed by atoms with Crippen LogP contribution in [0.4, 0.5) is 17.6 Å². The lowest BCUT2D eigenvalue weighted by molar-refractivity contribution is -0.139. The molecule has 2 aliphatic heterocycles. The lowest BCUT2D eigenvalue weighted by Crippen LogP contribution is -2.34. The molecule has 7 rings (SSSR count). The van der Waals surface area contributed by atoms with E-state index >= 15 is 0 Å². The van der Waals surface area contributed by atoms with Crippen LogP contribution in [0.15, 0.2) is 59.7 Å². The maximum atomic E-state index is 14.3. The second-order valence-electron chi connectivity index (χ2n) is 11.3. The Hall–Kier alpha value is -4.33. The number of rotatable bonds is 8. The van der Waals surface area contributed by atoms with Crippen molar-refractivity contribution in [3.05, 3.63) is 104 Å². The molecule has 1 saturated heterocycles. The number of aromatic nitrogens is 5. The molecule has 0 bridgehead atoms. The number of fused-ring (bicyclic) bond motifs is 2. The molecule has 0 spiro atoms. The van der Waals surface area contributed by atoms with Crippen LogP contribution in [0.25, 0.3) is 22.3 Å². The highest BCUT2D eigenvalue weighted by Crippen LogP contribution is 2.38. The third-order valence-corrected chi connectivity index (χ3v) is 8.50. The predicted octanol–water partition coefficient (Wildman–Crippen LogP) is 5.92. The smallest absolute Gasteiger partial charge is 0.421 e. The van der Waals surface area contributed by atoms with Gasteiger partial charge in [-0.05, 0) is 54.8 Å². The molecule has 0 unspecified atom stereocenters. The number of benzene rings is 1. The van der Waals surface area contributed by atoms with E-state index in [1.165, 1.54) is 12.1 Å². The quantitative estimate of drug-likeness (QED) is 0.208. The van der Waals surface area contributed by atoms with Crippen LogP contribution >= 0.6 is 11.6 Å². The Morgan fingerprint density at radius 1 is 1.15 bits per heavy atom. The van der Waals surface area contributed by atoms with Crippen molar-refractivity contribution in [2.75, 3.05) is 13.2 Å². The van der Waals surface area contributed by atoms with E-state index in [0.29, 0.717) is 60.7 Å². The van der Waals surface area contributed by atoms with E-state index in [2.05, 4.69) is 24.4 Å². The summed E-state index contributed by atoms with van der Waals surface area (Å²) in [5.41, 5.74) is 2.10. The van der Waals surface area contributed by atoms with Gasteiger partial charge in [-0.1, -0.05) is 17.7 Å². The number of pyridine rings is 3. The minimum Gasteiger partial charge on any atom is -0.472 e. The highest BCUT2D eigenvalue weighted by atomic mass is 35.5. The summed E-state index contributed by atoms with van der Waals surface area (Å²) in [6.07, 6.45) is -0.173. The van der Waals surface area contributed by atoms with E-state index in [4.69, 9.17) is 26.1 Å². The molecular weight excluding hydrogens is 628 g/mol. The molecule has 0 amide bonds. The number of hydrogen-bond acceptors (Lipinski definition) is 7. The Bertz CT molecular complexity index is 1990. The van der Waals surface area contributed by atoms with Crippen LogP contribution < -0.4 is 10.3 Å². The normalized spacial score (nSPS) is 16.8. The highest BCUT2D eigenvalue weighted by molar-refractivity contribution is 6.30. The molecule has 0 radical (unpaired) electrons. The average molecular weight is 655 g/mol. The van der Waals surface area contributed by atoms with Crippen molar-refractivity contribution in [1.82, 2.24) is 29.4 Å². The van der Waals surface area contributed by atoms with Crippen molar-refractivity contribution < 1.29 is 27.0 Å². The average Bonchev–Trinajstić information content (AvgIpc) is 3.33.